The topological polar surface area (TPSA) is 61.2 Å². The number of para-hydroxylation sites is 1. The van der Waals surface area contributed by atoms with Crippen LogP contribution in [0.5, 0.6) is 5.88 Å². The Morgan fingerprint density at radius 3 is 2.65 bits per heavy atom. The van der Waals surface area contributed by atoms with Gasteiger partial charge in [0.05, 0.1) is 18.2 Å². The minimum atomic E-state index is -0.164. The maximum atomic E-state index is 13.0. The highest BCUT2D eigenvalue weighted by Crippen LogP contribution is 2.35. The Morgan fingerprint density at radius 1 is 1.13 bits per heavy atom. The third-order valence-electron chi connectivity index (χ3n) is 4.31. The number of benzene rings is 1. The van der Waals surface area contributed by atoms with E-state index in [9.17, 15) is 9.59 Å². The normalized spacial score (nSPS) is 13.1. The van der Waals surface area contributed by atoms with Crippen molar-refractivity contribution in [1.29, 1.82) is 0 Å². The fraction of sp³-hybridized carbons (Fsp3) is 0.167. The third kappa shape index (κ3) is 1.70. The van der Waals surface area contributed by atoms with Gasteiger partial charge in [-0.25, -0.2) is 4.98 Å². The second-order valence-corrected chi connectivity index (χ2v) is 5.42. The summed E-state index contributed by atoms with van der Waals surface area (Å²) in [5.74, 6) is 0.00841. The highest BCUT2D eigenvalue weighted by molar-refractivity contribution is 6.32. The van der Waals surface area contributed by atoms with E-state index in [-0.39, 0.29) is 11.6 Å². The summed E-state index contributed by atoms with van der Waals surface area (Å²) in [6, 6.07) is 9.14. The number of nitrogens with zero attached hydrogens (tertiary/aromatic N) is 2. The zero-order valence-electron chi connectivity index (χ0n) is 12.8. The van der Waals surface area contributed by atoms with E-state index in [0.29, 0.717) is 34.8 Å². The molecule has 5 heteroatoms. The molecule has 0 aliphatic heterocycles. The number of fused-ring (bicyclic) bond motifs is 4. The molecule has 0 unspecified atom stereocenters. The lowest BCUT2D eigenvalue weighted by atomic mass is 9.88. The van der Waals surface area contributed by atoms with E-state index in [2.05, 4.69) is 4.98 Å². The first-order chi connectivity index (χ1) is 11.2. The van der Waals surface area contributed by atoms with Crippen molar-refractivity contribution in [3.05, 3.63) is 58.9 Å². The van der Waals surface area contributed by atoms with E-state index >= 15 is 0 Å². The third-order valence-corrected chi connectivity index (χ3v) is 4.31. The van der Waals surface area contributed by atoms with Gasteiger partial charge in [-0.05, 0) is 13.0 Å². The Hall–Kier alpha value is -2.95. The molecule has 5 nitrogen and oxygen atoms in total. The minimum absolute atomic E-state index is 0.154. The van der Waals surface area contributed by atoms with E-state index in [0.717, 1.165) is 10.9 Å². The molecule has 0 bridgehead atoms. The molecule has 4 rings (SSSR count). The number of aromatic nitrogens is 2. The van der Waals surface area contributed by atoms with E-state index in [1.54, 1.807) is 0 Å². The van der Waals surface area contributed by atoms with Crippen LogP contribution in [0.2, 0.25) is 0 Å². The summed E-state index contributed by atoms with van der Waals surface area (Å²) in [5, 5.41) is 0.809. The fourth-order valence-electron chi connectivity index (χ4n) is 3.28. The fourth-order valence-corrected chi connectivity index (χ4v) is 3.28. The standard InChI is InChI=1S/C18H14N2O3/c1-3-20-13-7-5-4-6-10(13)15-16(20)18(22)12-9-19-14(23-2)8-11(12)17(15)21/h4-9H,3H2,1-2H3. The number of carbonyl (C=O) groups is 2. The summed E-state index contributed by atoms with van der Waals surface area (Å²) in [4.78, 5) is 30.0. The zero-order chi connectivity index (χ0) is 16.1. The summed E-state index contributed by atoms with van der Waals surface area (Å²) in [7, 11) is 1.48. The number of hydrogen-bond acceptors (Lipinski definition) is 4. The minimum Gasteiger partial charge on any atom is -0.481 e. The molecule has 0 spiro atoms. The van der Waals surface area contributed by atoms with Crippen LogP contribution in [0, 0.1) is 0 Å². The number of carbonyl (C=O) groups excluding carboxylic acids is 2. The molecule has 2 aromatic heterocycles. The highest BCUT2D eigenvalue weighted by atomic mass is 16.5. The monoisotopic (exact) mass is 306 g/mol. The van der Waals surface area contributed by atoms with Crippen LogP contribution < -0.4 is 4.74 Å². The molecule has 0 N–H and O–H groups in total. The number of methoxy groups -OCH3 is 1. The van der Waals surface area contributed by atoms with Crippen LogP contribution in [0.25, 0.3) is 10.9 Å². The first-order valence-corrected chi connectivity index (χ1v) is 7.42. The summed E-state index contributed by atoms with van der Waals surface area (Å²) in [6.07, 6.45) is 1.43. The first-order valence-electron chi connectivity index (χ1n) is 7.42. The first kappa shape index (κ1) is 13.7. The molecule has 0 atom stereocenters. The molecular formula is C18H14N2O3. The molecule has 1 aliphatic carbocycles. The summed E-state index contributed by atoms with van der Waals surface area (Å²) in [5.41, 5.74) is 2.52. The van der Waals surface area contributed by atoms with Crippen molar-refractivity contribution in [3.63, 3.8) is 0 Å². The maximum absolute atomic E-state index is 13.0. The van der Waals surface area contributed by atoms with Gasteiger partial charge in [0.25, 0.3) is 0 Å². The second-order valence-electron chi connectivity index (χ2n) is 5.42. The summed E-state index contributed by atoms with van der Waals surface area (Å²) < 4.78 is 6.99. The molecule has 0 saturated heterocycles. The molecule has 23 heavy (non-hydrogen) atoms. The lowest BCUT2D eigenvalue weighted by Crippen LogP contribution is -2.23. The molecule has 0 saturated carbocycles. The Balaban J connectivity index is 2.10. The van der Waals surface area contributed by atoms with Gasteiger partial charge in [-0.2, -0.15) is 0 Å². The number of hydrogen-bond donors (Lipinski definition) is 0. The molecule has 3 aromatic rings. The number of rotatable bonds is 2. The molecular weight excluding hydrogens is 292 g/mol. The van der Waals surface area contributed by atoms with Gasteiger partial charge in [0, 0.05) is 35.3 Å². The van der Waals surface area contributed by atoms with Gasteiger partial charge >= 0.3 is 0 Å². The second kappa shape index (κ2) is 4.78. The van der Waals surface area contributed by atoms with Crippen molar-refractivity contribution in [3.8, 4) is 5.88 Å². The van der Waals surface area contributed by atoms with Gasteiger partial charge in [0.1, 0.15) is 5.69 Å². The van der Waals surface area contributed by atoms with Crippen molar-refractivity contribution >= 4 is 22.5 Å². The van der Waals surface area contributed by atoms with Crippen LogP contribution in [0.1, 0.15) is 38.9 Å². The van der Waals surface area contributed by atoms with Crippen molar-refractivity contribution in [1.82, 2.24) is 9.55 Å². The van der Waals surface area contributed by atoms with Crippen molar-refractivity contribution in [2.24, 2.45) is 0 Å². The largest absolute Gasteiger partial charge is 0.481 e. The van der Waals surface area contributed by atoms with Gasteiger partial charge in [-0.3, -0.25) is 9.59 Å². The number of pyridine rings is 1. The number of ketones is 2. The molecule has 0 radical (unpaired) electrons. The van der Waals surface area contributed by atoms with E-state index < -0.39 is 0 Å². The summed E-state index contributed by atoms with van der Waals surface area (Å²) >= 11 is 0. The lowest BCUT2D eigenvalue weighted by Gasteiger charge is -2.17. The molecule has 0 fully saturated rings. The van der Waals surface area contributed by atoms with Crippen LogP contribution in [0.4, 0.5) is 0 Å². The smallest absolute Gasteiger partial charge is 0.213 e. The number of aryl methyl sites for hydroxylation is 1. The van der Waals surface area contributed by atoms with Crippen LogP contribution >= 0.6 is 0 Å². The van der Waals surface area contributed by atoms with E-state index in [1.807, 2.05) is 35.8 Å². The molecule has 1 aliphatic rings. The van der Waals surface area contributed by atoms with Crippen molar-refractivity contribution in [2.75, 3.05) is 7.11 Å². The Morgan fingerprint density at radius 2 is 1.91 bits per heavy atom. The zero-order valence-corrected chi connectivity index (χ0v) is 12.8. The average molecular weight is 306 g/mol. The van der Waals surface area contributed by atoms with Crippen LogP contribution in [0.15, 0.2) is 36.5 Å². The Kier molecular flexibility index (Phi) is 2.84. The van der Waals surface area contributed by atoms with Crippen LogP contribution in [-0.2, 0) is 6.54 Å². The maximum Gasteiger partial charge on any atom is 0.213 e. The Bertz CT molecular complexity index is 985. The Labute approximate surface area is 132 Å². The molecule has 1 aromatic carbocycles. The molecule has 114 valence electrons. The summed E-state index contributed by atoms with van der Waals surface area (Å²) in [6.45, 7) is 2.58. The van der Waals surface area contributed by atoms with Gasteiger partial charge in [-0.1, -0.05) is 18.2 Å². The SMILES string of the molecule is CCn1c2c(c3ccccc31)C(=O)c1cc(OC)ncc1C2=O. The van der Waals surface area contributed by atoms with Crippen molar-refractivity contribution < 1.29 is 14.3 Å². The molecule has 0 amide bonds. The van der Waals surface area contributed by atoms with E-state index in [1.165, 1.54) is 19.4 Å². The predicted octanol–water partition coefficient (Wildman–Crippen LogP) is 2.84. The van der Waals surface area contributed by atoms with Crippen LogP contribution in [0.3, 0.4) is 0 Å². The average Bonchev–Trinajstić information content (AvgIpc) is 2.94. The predicted molar refractivity (Wildman–Crippen MR) is 85.3 cm³/mol. The van der Waals surface area contributed by atoms with E-state index in [4.69, 9.17) is 4.74 Å². The number of ether oxygens (including phenoxy) is 1. The van der Waals surface area contributed by atoms with Crippen LogP contribution in [-0.4, -0.2) is 28.2 Å². The van der Waals surface area contributed by atoms with Gasteiger partial charge < -0.3 is 9.30 Å². The quantitative estimate of drug-likeness (QED) is 0.571. The van der Waals surface area contributed by atoms with Gasteiger partial charge in [-0.15, -0.1) is 0 Å². The van der Waals surface area contributed by atoms with Crippen molar-refractivity contribution in [2.45, 2.75) is 13.5 Å². The van der Waals surface area contributed by atoms with Gasteiger partial charge in [0.15, 0.2) is 5.78 Å². The highest BCUT2D eigenvalue weighted by Gasteiger charge is 2.35. The van der Waals surface area contributed by atoms with Gasteiger partial charge in [0.2, 0.25) is 11.7 Å². The lowest BCUT2D eigenvalue weighted by molar-refractivity contribution is 0.0973. The molecule has 2 heterocycles.